The van der Waals surface area contributed by atoms with Crippen LogP contribution in [0.4, 0.5) is 11.8 Å². The topological polar surface area (TPSA) is 102 Å². The summed E-state index contributed by atoms with van der Waals surface area (Å²) in [6.45, 7) is 1.22. The van der Waals surface area contributed by atoms with E-state index in [9.17, 15) is 0 Å². The monoisotopic (exact) mass is 284 g/mol. The number of hydrogen-bond acceptors (Lipinski definition) is 6. The van der Waals surface area contributed by atoms with Gasteiger partial charge in [-0.25, -0.2) is 4.98 Å². The van der Waals surface area contributed by atoms with Crippen LogP contribution >= 0.6 is 0 Å². The lowest BCUT2D eigenvalue weighted by Crippen LogP contribution is -2.05. The molecular formula is C14H16N6O. The van der Waals surface area contributed by atoms with Gasteiger partial charge in [-0.3, -0.25) is 0 Å². The average Bonchev–Trinajstić information content (AvgIpc) is 2.93. The van der Waals surface area contributed by atoms with Gasteiger partial charge in [-0.15, -0.1) is 0 Å². The summed E-state index contributed by atoms with van der Waals surface area (Å²) in [7, 11) is 1.68. The Bertz CT molecular complexity index is 754. The molecule has 0 radical (unpaired) electrons. The van der Waals surface area contributed by atoms with Gasteiger partial charge < -0.3 is 20.8 Å². The van der Waals surface area contributed by atoms with Crippen molar-refractivity contribution in [3.8, 4) is 0 Å². The van der Waals surface area contributed by atoms with Crippen LogP contribution in [0.25, 0.3) is 11.2 Å². The maximum absolute atomic E-state index is 5.68. The second-order valence-electron chi connectivity index (χ2n) is 4.64. The summed E-state index contributed by atoms with van der Waals surface area (Å²) in [5, 5.41) is 3.26. The number of imidazole rings is 1. The molecule has 7 heteroatoms. The first-order valence-electron chi connectivity index (χ1n) is 6.53. The lowest BCUT2D eigenvalue weighted by molar-refractivity contribution is 0.185. The van der Waals surface area contributed by atoms with Gasteiger partial charge in [-0.05, 0) is 11.1 Å². The largest absolute Gasteiger partial charge is 0.380 e. The molecule has 1 aromatic carbocycles. The van der Waals surface area contributed by atoms with E-state index in [-0.39, 0.29) is 5.95 Å². The van der Waals surface area contributed by atoms with Crippen molar-refractivity contribution in [2.75, 3.05) is 18.2 Å². The van der Waals surface area contributed by atoms with Crippen LogP contribution in [0.1, 0.15) is 11.1 Å². The van der Waals surface area contributed by atoms with E-state index in [1.165, 1.54) is 0 Å². The summed E-state index contributed by atoms with van der Waals surface area (Å²) in [5.74, 6) is 0.845. The van der Waals surface area contributed by atoms with Crippen LogP contribution < -0.4 is 11.1 Å². The lowest BCUT2D eigenvalue weighted by atomic mass is 10.1. The number of hydrogen-bond donors (Lipinski definition) is 3. The number of nitrogen functional groups attached to an aromatic ring is 1. The highest BCUT2D eigenvalue weighted by Gasteiger charge is 2.08. The standard InChI is InChI=1S/C14H16N6O/c1-21-7-10-4-2-3-9(5-10)6-16-12-11-13(18-8-17-11)20-14(15)19-12/h2-5,8H,6-7H2,1H3,(H4,15,16,17,18,19,20). The number of ether oxygens (including phenoxy) is 1. The highest BCUT2D eigenvalue weighted by molar-refractivity contribution is 5.83. The van der Waals surface area contributed by atoms with E-state index in [1.807, 2.05) is 18.2 Å². The van der Waals surface area contributed by atoms with E-state index in [2.05, 4.69) is 31.3 Å². The van der Waals surface area contributed by atoms with Crippen LogP contribution in [0.5, 0.6) is 0 Å². The number of nitrogens with two attached hydrogens (primary N) is 1. The maximum atomic E-state index is 5.68. The summed E-state index contributed by atoms with van der Waals surface area (Å²) >= 11 is 0. The Morgan fingerprint density at radius 1 is 1.29 bits per heavy atom. The molecule has 3 rings (SSSR count). The molecule has 0 saturated carbocycles. The minimum atomic E-state index is 0.199. The van der Waals surface area contributed by atoms with Crippen molar-refractivity contribution >= 4 is 22.9 Å². The molecule has 0 spiro atoms. The Hall–Kier alpha value is -2.67. The molecule has 0 aliphatic rings. The number of anilines is 2. The van der Waals surface area contributed by atoms with Gasteiger partial charge in [0.1, 0.15) is 5.52 Å². The number of aromatic nitrogens is 4. The van der Waals surface area contributed by atoms with Crippen molar-refractivity contribution in [2.24, 2.45) is 0 Å². The molecule has 0 amide bonds. The van der Waals surface area contributed by atoms with Crippen molar-refractivity contribution in [2.45, 2.75) is 13.2 Å². The van der Waals surface area contributed by atoms with Crippen molar-refractivity contribution in [3.05, 3.63) is 41.7 Å². The average molecular weight is 284 g/mol. The summed E-state index contributed by atoms with van der Waals surface area (Å²) in [6, 6.07) is 8.17. The second-order valence-corrected chi connectivity index (χ2v) is 4.64. The molecule has 0 bridgehead atoms. The first-order chi connectivity index (χ1) is 10.3. The third-order valence-corrected chi connectivity index (χ3v) is 3.07. The molecule has 0 unspecified atom stereocenters. The van der Waals surface area contributed by atoms with Crippen molar-refractivity contribution in [1.82, 2.24) is 19.9 Å². The van der Waals surface area contributed by atoms with Gasteiger partial charge in [0.05, 0.1) is 12.9 Å². The molecule has 21 heavy (non-hydrogen) atoms. The van der Waals surface area contributed by atoms with E-state index >= 15 is 0 Å². The van der Waals surface area contributed by atoms with Crippen LogP contribution in [0.2, 0.25) is 0 Å². The fraction of sp³-hybridized carbons (Fsp3) is 0.214. The highest BCUT2D eigenvalue weighted by Crippen LogP contribution is 2.18. The van der Waals surface area contributed by atoms with Gasteiger partial charge in [0.25, 0.3) is 0 Å². The van der Waals surface area contributed by atoms with Crippen LogP contribution in [0.15, 0.2) is 30.6 Å². The van der Waals surface area contributed by atoms with Crippen LogP contribution in [-0.4, -0.2) is 27.0 Å². The first-order valence-corrected chi connectivity index (χ1v) is 6.53. The number of fused-ring (bicyclic) bond motifs is 1. The Kier molecular flexibility index (Phi) is 3.65. The zero-order valence-electron chi connectivity index (χ0n) is 11.6. The Morgan fingerprint density at radius 2 is 2.14 bits per heavy atom. The molecule has 0 fully saturated rings. The maximum Gasteiger partial charge on any atom is 0.224 e. The van der Waals surface area contributed by atoms with Gasteiger partial charge in [-0.1, -0.05) is 24.3 Å². The third kappa shape index (κ3) is 2.92. The molecule has 0 saturated heterocycles. The highest BCUT2D eigenvalue weighted by atomic mass is 16.5. The fourth-order valence-electron chi connectivity index (χ4n) is 2.16. The molecule has 2 heterocycles. The molecule has 7 nitrogen and oxygen atoms in total. The van der Waals surface area contributed by atoms with Gasteiger partial charge >= 0.3 is 0 Å². The number of benzene rings is 1. The zero-order chi connectivity index (χ0) is 14.7. The van der Waals surface area contributed by atoms with Crippen LogP contribution in [-0.2, 0) is 17.9 Å². The van der Waals surface area contributed by atoms with Crippen molar-refractivity contribution < 1.29 is 4.74 Å². The molecule has 2 aromatic heterocycles. The minimum absolute atomic E-state index is 0.199. The van der Waals surface area contributed by atoms with Crippen LogP contribution in [0, 0.1) is 0 Å². The predicted octanol–water partition coefficient (Wildman–Crippen LogP) is 1.69. The summed E-state index contributed by atoms with van der Waals surface area (Å²) < 4.78 is 5.14. The number of rotatable bonds is 5. The number of nitrogens with zero attached hydrogens (tertiary/aromatic N) is 3. The number of methoxy groups -OCH3 is 1. The Labute approximate surface area is 121 Å². The normalized spacial score (nSPS) is 10.9. The second kappa shape index (κ2) is 5.76. The van der Waals surface area contributed by atoms with E-state index < -0.39 is 0 Å². The number of aromatic amines is 1. The van der Waals surface area contributed by atoms with Gasteiger partial charge in [0.15, 0.2) is 11.5 Å². The minimum Gasteiger partial charge on any atom is -0.380 e. The predicted molar refractivity (Wildman–Crippen MR) is 80.6 cm³/mol. The van der Waals surface area contributed by atoms with E-state index in [4.69, 9.17) is 10.5 Å². The fourth-order valence-corrected chi connectivity index (χ4v) is 2.16. The third-order valence-electron chi connectivity index (χ3n) is 3.07. The van der Waals surface area contributed by atoms with E-state index in [1.54, 1.807) is 13.4 Å². The number of nitrogens with one attached hydrogen (secondary N) is 2. The molecule has 108 valence electrons. The van der Waals surface area contributed by atoms with Crippen LogP contribution in [0.3, 0.4) is 0 Å². The molecule has 0 atom stereocenters. The Balaban J connectivity index is 1.80. The molecular weight excluding hydrogens is 268 g/mol. The first kappa shape index (κ1) is 13.3. The molecule has 0 aliphatic carbocycles. The smallest absolute Gasteiger partial charge is 0.224 e. The number of H-pyrrole nitrogens is 1. The summed E-state index contributed by atoms with van der Waals surface area (Å²) in [6.07, 6.45) is 1.57. The van der Waals surface area contributed by atoms with Gasteiger partial charge in [-0.2, -0.15) is 9.97 Å². The molecule has 4 N–H and O–H groups in total. The quantitative estimate of drug-likeness (QED) is 0.659. The van der Waals surface area contributed by atoms with Crippen molar-refractivity contribution in [3.63, 3.8) is 0 Å². The Morgan fingerprint density at radius 3 is 3.00 bits per heavy atom. The lowest BCUT2D eigenvalue weighted by Gasteiger charge is -2.08. The van der Waals surface area contributed by atoms with Gasteiger partial charge in [0.2, 0.25) is 5.95 Å². The van der Waals surface area contributed by atoms with E-state index in [0.717, 1.165) is 16.6 Å². The molecule has 3 aromatic rings. The van der Waals surface area contributed by atoms with Gasteiger partial charge in [0, 0.05) is 13.7 Å². The molecule has 0 aliphatic heterocycles. The van der Waals surface area contributed by atoms with Crippen molar-refractivity contribution in [1.29, 1.82) is 0 Å². The zero-order valence-corrected chi connectivity index (χ0v) is 11.6. The SMILES string of the molecule is COCc1cccc(CNc2nc(N)nc3nc[nH]c23)c1. The summed E-state index contributed by atoms with van der Waals surface area (Å²) in [4.78, 5) is 15.4. The van der Waals surface area contributed by atoms with E-state index in [0.29, 0.717) is 24.6 Å². The summed E-state index contributed by atoms with van der Waals surface area (Å²) in [5.41, 5.74) is 9.25.